The third-order valence-electron chi connectivity index (χ3n) is 3.46. The minimum Gasteiger partial charge on any atom is -0.381 e. The van der Waals surface area contributed by atoms with Crippen molar-refractivity contribution in [3.63, 3.8) is 0 Å². The topological polar surface area (TPSA) is 38.3 Å². The molecule has 0 aliphatic carbocycles. The van der Waals surface area contributed by atoms with Crippen molar-refractivity contribution >= 4 is 33.4 Å². The van der Waals surface area contributed by atoms with Gasteiger partial charge in [-0.15, -0.1) is 0 Å². The molecule has 1 N–H and O–H groups in total. The van der Waals surface area contributed by atoms with E-state index < -0.39 is 0 Å². The fourth-order valence-electron chi connectivity index (χ4n) is 2.31. The smallest absolute Gasteiger partial charge is 0.251 e. The average Bonchev–Trinajstić information content (AvgIpc) is 2.38. The lowest BCUT2D eigenvalue weighted by atomic mass is 9.93. The zero-order chi connectivity index (χ0) is 13.8. The molecule has 104 valence electrons. The largest absolute Gasteiger partial charge is 0.381 e. The van der Waals surface area contributed by atoms with Crippen LogP contribution < -0.4 is 5.32 Å². The molecule has 3 nitrogen and oxygen atoms in total. The van der Waals surface area contributed by atoms with Crippen LogP contribution in [0.25, 0.3) is 0 Å². The van der Waals surface area contributed by atoms with E-state index in [0.29, 0.717) is 16.5 Å². The first-order chi connectivity index (χ1) is 9.06. The third-order valence-corrected chi connectivity index (χ3v) is 4.13. The zero-order valence-electron chi connectivity index (χ0n) is 10.8. The summed E-state index contributed by atoms with van der Waals surface area (Å²) in [7, 11) is 0. The number of ether oxygens (including phenoxy) is 1. The quantitative estimate of drug-likeness (QED) is 0.907. The Morgan fingerprint density at radius 1 is 1.42 bits per heavy atom. The van der Waals surface area contributed by atoms with Crippen LogP contribution in [0.1, 0.15) is 30.1 Å². The first-order valence-electron chi connectivity index (χ1n) is 6.41. The number of hydrogen-bond donors (Lipinski definition) is 1. The van der Waals surface area contributed by atoms with E-state index >= 15 is 0 Å². The molecule has 1 amide bonds. The van der Waals surface area contributed by atoms with Crippen LogP contribution in [-0.2, 0) is 4.74 Å². The van der Waals surface area contributed by atoms with E-state index in [-0.39, 0.29) is 11.9 Å². The Morgan fingerprint density at radius 2 is 2.11 bits per heavy atom. The summed E-state index contributed by atoms with van der Waals surface area (Å²) in [6, 6.07) is 5.37. The van der Waals surface area contributed by atoms with E-state index in [0.717, 1.165) is 30.5 Å². The molecule has 1 fully saturated rings. The molecule has 2 rings (SSSR count). The molecule has 1 saturated heterocycles. The van der Waals surface area contributed by atoms with Gasteiger partial charge in [0.25, 0.3) is 5.91 Å². The average molecular weight is 347 g/mol. The number of halogens is 2. The standard InChI is InChI=1S/C14H17BrClNO2/c1-9(10-2-4-19-5-3-10)17-14(18)11-6-12(15)8-13(16)7-11/h6-10H,2-5H2,1H3,(H,17,18). The molecule has 1 heterocycles. The highest BCUT2D eigenvalue weighted by Gasteiger charge is 2.22. The summed E-state index contributed by atoms with van der Waals surface area (Å²) in [4.78, 5) is 12.2. The predicted octanol–water partition coefficient (Wildman–Crippen LogP) is 3.65. The fourth-order valence-corrected chi connectivity index (χ4v) is 3.17. The Hall–Kier alpha value is -0.580. The van der Waals surface area contributed by atoms with Crippen molar-refractivity contribution < 1.29 is 9.53 Å². The molecule has 1 unspecified atom stereocenters. The summed E-state index contributed by atoms with van der Waals surface area (Å²) in [5.74, 6) is 0.405. The molecule has 19 heavy (non-hydrogen) atoms. The van der Waals surface area contributed by atoms with Crippen LogP contribution in [0.15, 0.2) is 22.7 Å². The highest BCUT2D eigenvalue weighted by Crippen LogP contribution is 2.21. The van der Waals surface area contributed by atoms with Gasteiger partial charge < -0.3 is 10.1 Å². The summed E-state index contributed by atoms with van der Waals surface area (Å²) in [5, 5.41) is 3.60. The lowest BCUT2D eigenvalue weighted by Crippen LogP contribution is -2.40. The molecule has 0 aromatic heterocycles. The summed E-state index contributed by atoms with van der Waals surface area (Å²) < 4.78 is 6.14. The molecule has 0 saturated carbocycles. The van der Waals surface area contributed by atoms with Crippen LogP contribution in [0.5, 0.6) is 0 Å². The number of hydrogen-bond acceptors (Lipinski definition) is 2. The summed E-state index contributed by atoms with van der Waals surface area (Å²) in [6.45, 7) is 3.62. The number of amides is 1. The van der Waals surface area contributed by atoms with E-state index in [1.54, 1.807) is 18.2 Å². The number of carbonyl (C=O) groups excluding carboxylic acids is 1. The lowest BCUT2D eigenvalue weighted by molar-refractivity contribution is 0.0538. The van der Waals surface area contributed by atoms with E-state index in [9.17, 15) is 4.79 Å². The second kappa shape index (κ2) is 6.73. The summed E-state index contributed by atoms with van der Waals surface area (Å²) in [6.07, 6.45) is 2.00. The van der Waals surface area contributed by atoms with Crippen molar-refractivity contribution in [3.05, 3.63) is 33.3 Å². The van der Waals surface area contributed by atoms with E-state index in [1.165, 1.54) is 0 Å². The van der Waals surface area contributed by atoms with Gasteiger partial charge in [-0.25, -0.2) is 0 Å². The van der Waals surface area contributed by atoms with E-state index in [2.05, 4.69) is 21.2 Å². The SMILES string of the molecule is CC(NC(=O)c1cc(Cl)cc(Br)c1)C1CCOCC1. The van der Waals surface area contributed by atoms with Crippen LogP contribution in [0, 0.1) is 5.92 Å². The first-order valence-corrected chi connectivity index (χ1v) is 7.58. The van der Waals surface area contributed by atoms with Gasteiger partial charge in [0, 0.05) is 34.3 Å². The van der Waals surface area contributed by atoms with E-state index in [4.69, 9.17) is 16.3 Å². The number of carbonyl (C=O) groups is 1. The molecule has 1 aliphatic rings. The second-order valence-corrected chi connectivity index (χ2v) is 6.22. The number of benzene rings is 1. The monoisotopic (exact) mass is 345 g/mol. The summed E-state index contributed by atoms with van der Waals surface area (Å²) in [5.41, 5.74) is 0.582. The molecule has 1 aromatic rings. The second-order valence-electron chi connectivity index (χ2n) is 4.87. The van der Waals surface area contributed by atoms with Crippen LogP contribution in [0.3, 0.4) is 0 Å². The van der Waals surface area contributed by atoms with Gasteiger partial charge in [0.05, 0.1) is 0 Å². The molecule has 0 bridgehead atoms. The van der Waals surface area contributed by atoms with Gasteiger partial charge in [-0.2, -0.15) is 0 Å². The maximum atomic E-state index is 12.2. The Morgan fingerprint density at radius 3 is 2.74 bits per heavy atom. The fraction of sp³-hybridized carbons (Fsp3) is 0.500. The van der Waals surface area contributed by atoms with Gasteiger partial charge in [-0.3, -0.25) is 4.79 Å². The Bertz CT molecular complexity index is 441. The minimum absolute atomic E-state index is 0.0813. The van der Waals surface area contributed by atoms with Crippen molar-refractivity contribution in [1.29, 1.82) is 0 Å². The van der Waals surface area contributed by atoms with Crippen molar-refractivity contribution in [1.82, 2.24) is 5.32 Å². The molecule has 0 radical (unpaired) electrons. The van der Waals surface area contributed by atoms with Crippen LogP contribution in [0.4, 0.5) is 0 Å². The molecule has 1 atom stereocenters. The van der Waals surface area contributed by atoms with Crippen LogP contribution in [-0.4, -0.2) is 25.2 Å². The van der Waals surface area contributed by atoms with E-state index in [1.807, 2.05) is 6.92 Å². The van der Waals surface area contributed by atoms with Gasteiger partial charge in [-0.1, -0.05) is 27.5 Å². The highest BCUT2D eigenvalue weighted by atomic mass is 79.9. The zero-order valence-corrected chi connectivity index (χ0v) is 13.1. The first kappa shape index (κ1) is 14.8. The molecule has 5 heteroatoms. The maximum absolute atomic E-state index is 12.2. The van der Waals surface area contributed by atoms with Crippen LogP contribution >= 0.6 is 27.5 Å². The molecule has 1 aromatic carbocycles. The van der Waals surface area contributed by atoms with Crippen molar-refractivity contribution in [2.75, 3.05) is 13.2 Å². The summed E-state index contributed by atoms with van der Waals surface area (Å²) >= 11 is 9.30. The molecule has 0 spiro atoms. The van der Waals surface area contributed by atoms with Crippen LogP contribution in [0.2, 0.25) is 5.02 Å². The van der Waals surface area contributed by atoms with Gasteiger partial charge >= 0.3 is 0 Å². The van der Waals surface area contributed by atoms with Gasteiger partial charge in [0.2, 0.25) is 0 Å². The maximum Gasteiger partial charge on any atom is 0.251 e. The van der Waals surface area contributed by atoms with Gasteiger partial charge in [0.15, 0.2) is 0 Å². The Kier molecular flexibility index (Phi) is 5.25. The Labute approximate surface area is 126 Å². The van der Waals surface area contributed by atoms with Crippen molar-refractivity contribution in [2.24, 2.45) is 5.92 Å². The van der Waals surface area contributed by atoms with Crippen molar-refractivity contribution in [2.45, 2.75) is 25.8 Å². The molecular weight excluding hydrogens is 330 g/mol. The number of rotatable bonds is 3. The van der Waals surface area contributed by atoms with Crippen molar-refractivity contribution in [3.8, 4) is 0 Å². The minimum atomic E-state index is -0.0813. The molecular formula is C14H17BrClNO2. The number of nitrogens with one attached hydrogen (secondary N) is 1. The third kappa shape index (κ3) is 4.20. The molecule has 1 aliphatic heterocycles. The van der Waals surface area contributed by atoms with Gasteiger partial charge in [0.1, 0.15) is 0 Å². The normalized spacial score (nSPS) is 18.1. The predicted molar refractivity (Wildman–Crippen MR) is 79.6 cm³/mol. The Balaban J connectivity index is 1.99. The van der Waals surface area contributed by atoms with Gasteiger partial charge in [-0.05, 0) is 43.9 Å². The lowest BCUT2D eigenvalue weighted by Gasteiger charge is -2.28. The highest BCUT2D eigenvalue weighted by molar-refractivity contribution is 9.10.